The summed E-state index contributed by atoms with van der Waals surface area (Å²) in [4.78, 5) is 12.2. The fourth-order valence-corrected chi connectivity index (χ4v) is 2.45. The maximum absolute atomic E-state index is 14.0. The van der Waals surface area contributed by atoms with Crippen LogP contribution in [-0.2, 0) is 10.3 Å². The van der Waals surface area contributed by atoms with Gasteiger partial charge in [0.15, 0.2) is 0 Å². The van der Waals surface area contributed by atoms with Crippen molar-refractivity contribution in [3.05, 3.63) is 69.5 Å². The number of methoxy groups -OCH3 is 1. The average Bonchev–Trinajstić information content (AvgIpc) is 2.55. The standard InChI is InChI=1S/C17H16Cl2FNO2/c1-17(23-2,12-5-3-4-6-15(12)20)10-21-16(22)11-7-8-13(18)14(19)9-11/h3-9H,10H2,1-2H3,(H,21,22)/t17-/m0/s1. The molecular formula is C17H16Cl2FNO2. The summed E-state index contributed by atoms with van der Waals surface area (Å²) in [7, 11) is 1.47. The van der Waals surface area contributed by atoms with E-state index in [4.69, 9.17) is 27.9 Å². The lowest BCUT2D eigenvalue weighted by atomic mass is 9.95. The van der Waals surface area contributed by atoms with E-state index in [1.54, 1.807) is 37.3 Å². The number of hydrogen-bond acceptors (Lipinski definition) is 2. The van der Waals surface area contributed by atoms with E-state index in [0.29, 0.717) is 21.2 Å². The lowest BCUT2D eigenvalue weighted by molar-refractivity contribution is 0.000389. The maximum Gasteiger partial charge on any atom is 0.251 e. The first-order chi connectivity index (χ1) is 10.9. The van der Waals surface area contributed by atoms with E-state index in [0.717, 1.165) is 0 Å². The predicted molar refractivity (Wildman–Crippen MR) is 89.6 cm³/mol. The van der Waals surface area contributed by atoms with Crippen LogP contribution in [0.2, 0.25) is 10.0 Å². The Bertz CT molecular complexity index is 723. The summed E-state index contributed by atoms with van der Waals surface area (Å²) in [6.07, 6.45) is 0. The van der Waals surface area contributed by atoms with Gasteiger partial charge in [0.05, 0.1) is 16.6 Å². The van der Waals surface area contributed by atoms with Gasteiger partial charge in [-0.1, -0.05) is 41.4 Å². The minimum Gasteiger partial charge on any atom is -0.372 e. The summed E-state index contributed by atoms with van der Waals surface area (Å²) in [6.45, 7) is 1.81. The van der Waals surface area contributed by atoms with E-state index in [-0.39, 0.29) is 18.3 Å². The molecule has 0 bridgehead atoms. The molecule has 0 aliphatic rings. The van der Waals surface area contributed by atoms with Crippen LogP contribution in [0.25, 0.3) is 0 Å². The molecule has 0 aromatic heterocycles. The van der Waals surface area contributed by atoms with Gasteiger partial charge in [-0.15, -0.1) is 0 Å². The lowest BCUT2D eigenvalue weighted by Crippen LogP contribution is -2.40. The molecule has 122 valence electrons. The van der Waals surface area contributed by atoms with E-state index >= 15 is 0 Å². The highest BCUT2D eigenvalue weighted by molar-refractivity contribution is 6.42. The minimum atomic E-state index is -0.989. The first-order valence-corrected chi connectivity index (χ1v) is 7.66. The van der Waals surface area contributed by atoms with Crippen molar-refractivity contribution in [3.8, 4) is 0 Å². The SMILES string of the molecule is CO[C@@](C)(CNC(=O)c1ccc(Cl)c(Cl)c1)c1ccccc1F. The molecule has 0 saturated carbocycles. The molecule has 2 aromatic rings. The summed E-state index contributed by atoms with van der Waals surface area (Å²) in [5.74, 6) is -0.733. The quantitative estimate of drug-likeness (QED) is 0.861. The molecule has 3 nitrogen and oxygen atoms in total. The van der Waals surface area contributed by atoms with Crippen LogP contribution in [0.5, 0.6) is 0 Å². The summed E-state index contributed by atoms with van der Waals surface area (Å²) in [6, 6.07) is 10.9. The number of halogens is 3. The zero-order valence-corrected chi connectivity index (χ0v) is 14.2. The summed E-state index contributed by atoms with van der Waals surface area (Å²) < 4.78 is 19.4. The molecule has 0 spiro atoms. The van der Waals surface area contributed by atoms with Crippen LogP contribution < -0.4 is 5.32 Å². The van der Waals surface area contributed by atoms with E-state index in [1.165, 1.54) is 19.2 Å². The highest BCUT2D eigenvalue weighted by Gasteiger charge is 2.29. The summed E-state index contributed by atoms with van der Waals surface area (Å²) in [5.41, 5.74) is -0.250. The Hall–Kier alpha value is -1.62. The summed E-state index contributed by atoms with van der Waals surface area (Å²) in [5, 5.41) is 3.40. The second kappa shape index (κ2) is 7.30. The van der Waals surface area contributed by atoms with Crippen LogP contribution in [0.3, 0.4) is 0 Å². The number of rotatable bonds is 5. The fourth-order valence-electron chi connectivity index (χ4n) is 2.16. The van der Waals surface area contributed by atoms with Crippen molar-refractivity contribution in [2.45, 2.75) is 12.5 Å². The fraction of sp³-hybridized carbons (Fsp3) is 0.235. The van der Waals surface area contributed by atoms with Crippen molar-refractivity contribution in [2.75, 3.05) is 13.7 Å². The largest absolute Gasteiger partial charge is 0.372 e. The Labute approximate surface area is 144 Å². The van der Waals surface area contributed by atoms with Gasteiger partial charge in [-0.25, -0.2) is 4.39 Å². The lowest BCUT2D eigenvalue weighted by Gasteiger charge is -2.29. The first kappa shape index (κ1) is 17.7. The average molecular weight is 356 g/mol. The molecule has 23 heavy (non-hydrogen) atoms. The molecule has 0 fully saturated rings. The molecule has 1 N–H and O–H groups in total. The van der Waals surface area contributed by atoms with Gasteiger partial charge in [-0.3, -0.25) is 4.79 Å². The molecule has 0 heterocycles. The number of amides is 1. The molecule has 2 rings (SSSR count). The zero-order valence-electron chi connectivity index (χ0n) is 12.7. The van der Waals surface area contributed by atoms with Gasteiger partial charge < -0.3 is 10.1 Å². The third-order valence-corrected chi connectivity index (χ3v) is 4.40. The Morgan fingerprint density at radius 1 is 1.22 bits per heavy atom. The number of hydrogen-bond donors (Lipinski definition) is 1. The van der Waals surface area contributed by atoms with Crippen LogP contribution in [-0.4, -0.2) is 19.6 Å². The first-order valence-electron chi connectivity index (χ1n) is 6.91. The third-order valence-electron chi connectivity index (χ3n) is 3.66. The van der Waals surface area contributed by atoms with Gasteiger partial charge in [0.2, 0.25) is 0 Å². The molecular weight excluding hydrogens is 340 g/mol. The van der Waals surface area contributed by atoms with Crippen LogP contribution in [0, 0.1) is 5.82 Å². The van der Waals surface area contributed by atoms with Crippen molar-refractivity contribution in [1.29, 1.82) is 0 Å². The van der Waals surface area contributed by atoms with Gasteiger partial charge in [-0.05, 0) is 31.2 Å². The number of carbonyl (C=O) groups excluding carboxylic acids is 1. The Morgan fingerprint density at radius 2 is 1.91 bits per heavy atom. The van der Waals surface area contributed by atoms with E-state index in [2.05, 4.69) is 5.32 Å². The van der Waals surface area contributed by atoms with E-state index < -0.39 is 5.60 Å². The molecule has 0 radical (unpaired) electrons. The van der Waals surface area contributed by atoms with Crippen LogP contribution in [0.4, 0.5) is 4.39 Å². The Balaban J connectivity index is 2.15. The van der Waals surface area contributed by atoms with Crippen LogP contribution >= 0.6 is 23.2 Å². The number of benzene rings is 2. The molecule has 0 unspecified atom stereocenters. The van der Waals surface area contributed by atoms with Gasteiger partial charge in [-0.2, -0.15) is 0 Å². The van der Waals surface area contributed by atoms with Crippen LogP contribution in [0.15, 0.2) is 42.5 Å². The molecule has 1 atom stereocenters. The van der Waals surface area contributed by atoms with Gasteiger partial charge in [0, 0.05) is 18.2 Å². The highest BCUT2D eigenvalue weighted by Crippen LogP contribution is 2.27. The van der Waals surface area contributed by atoms with Gasteiger partial charge in [0.25, 0.3) is 5.91 Å². The Kier molecular flexibility index (Phi) is 5.63. The highest BCUT2D eigenvalue weighted by atomic mass is 35.5. The third kappa shape index (κ3) is 4.02. The smallest absolute Gasteiger partial charge is 0.251 e. The molecule has 2 aromatic carbocycles. The molecule has 0 saturated heterocycles. The number of ether oxygens (including phenoxy) is 1. The topological polar surface area (TPSA) is 38.3 Å². The normalized spacial score (nSPS) is 13.4. The summed E-state index contributed by atoms with van der Waals surface area (Å²) >= 11 is 11.7. The molecule has 6 heteroatoms. The molecule has 0 aliphatic heterocycles. The van der Waals surface area contributed by atoms with Gasteiger partial charge in [0.1, 0.15) is 11.4 Å². The van der Waals surface area contributed by atoms with Crippen molar-refractivity contribution < 1.29 is 13.9 Å². The Morgan fingerprint density at radius 3 is 2.52 bits per heavy atom. The van der Waals surface area contributed by atoms with E-state index in [9.17, 15) is 9.18 Å². The molecule has 1 amide bonds. The van der Waals surface area contributed by atoms with Crippen molar-refractivity contribution in [1.82, 2.24) is 5.32 Å². The second-order valence-electron chi connectivity index (χ2n) is 5.23. The maximum atomic E-state index is 14.0. The zero-order chi connectivity index (χ0) is 17.0. The molecule has 0 aliphatic carbocycles. The predicted octanol–water partition coefficient (Wildman–Crippen LogP) is 4.42. The monoisotopic (exact) mass is 355 g/mol. The van der Waals surface area contributed by atoms with Gasteiger partial charge >= 0.3 is 0 Å². The number of nitrogens with one attached hydrogen (secondary N) is 1. The second-order valence-corrected chi connectivity index (χ2v) is 6.04. The van der Waals surface area contributed by atoms with Crippen molar-refractivity contribution >= 4 is 29.1 Å². The van der Waals surface area contributed by atoms with Crippen LogP contribution in [0.1, 0.15) is 22.8 Å². The van der Waals surface area contributed by atoms with E-state index in [1.807, 2.05) is 0 Å². The van der Waals surface area contributed by atoms with Crippen molar-refractivity contribution in [3.63, 3.8) is 0 Å². The van der Waals surface area contributed by atoms with Crippen molar-refractivity contribution in [2.24, 2.45) is 0 Å². The minimum absolute atomic E-state index is 0.101. The number of carbonyl (C=O) groups is 1.